The third kappa shape index (κ3) is 6.79. The summed E-state index contributed by atoms with van der Waals surface area (Å²) in [7, 11) is 0. The largest absolute Gasteiger partial charge is 0.491 e. The summed E-state index contributed by atoms with van der Waals surface area (Å²) in [4.78, 5) is 0. The van der Waals surface area contributed by atoms with Crippen LogP contribution in [-0.4, -0.2) is 6.61 Å². The standard InChI is InChI=1S/C36H42F4O2/c1-3-5-6-7-23-8-13-28-21-27(15-14-26(28)20-23)25-11-9-24(10-12-25)22-42-32-19-17-30(34(38)36(32)40)29-16-18-31(41-4-2)35(39)33(29)37/h9-12,16-19,23,26-28H,3-8,13-15,20-22H2,1-2H3. The number of hydrogen-bond donors (Lipinski definition) is 0. The van der Waals surface area contributed by atoms with E-state index in [0.29, 0.717) is 5.92 Å². The number of ether oxygens (including phenoxy) is 2. The Morgan fingerprint density at radius 1 is 0.643 bits per heavy atom. The molecule has 2 aliphatic rings. The van der Waals surface area contributed by atoms with Gasteiger partial charge < -0.3 is 9.47 Å². The van der Waals surface area contributed by atoms with Crippen LogP contribution in [0.3, 0.4) is 0 Å². The second-order valence-corrected chi connectivity index (χ2v) is 12.1. The van der Waals surface area contributed by atoms with Crippen molar-refractivity contribution in [2.75, 3.05) is 6.61 Å². The van der Waals surface area contributed by atoms with E-state index < -0.39 is 23.3 Å². The van der Waals surface area contributed by atoms with E-state index in [0.717, 1.165) is 23.3 Å². The third-order valence-electron chi connectivity index (χ3n) is 9.47. The van der Waals surface area contributed by atoms with Gasteiger partial charge in [0.1, 0.15) is 6.61 Å². The van der Waals surface area contributed by atoms with E-state index in [1.807, 2.05) is 12.1 Å². The highest BCUT2D eigenvalue weighted by Crippen LogP contribution is 2.48. The fourth-order valence-corrected chi connectivity index (χ4v) is 7.14. The molecule has 5 rings (SSSR count). The minimum atomic E-state index is -1.30. The summed E-state index contributed by atoms with van der Waals surface area (Å²) in [6, 6.07) is 13.1. The van der Waals surface area contributed by atoms with Gasteiger partial charge in [0.25, 0.3) is 0 Å². The van der Waals surface area contributed by atoms with Crippen LogP contribution in [0.15, 0.2) is 48.5 Å². The lowest BCUT2D eigenvalue weighted by Gasteiger charge is -2.42. The van der Waals surface area contributed by atoms with E-state index in [1.54, 1.807) is 6.92 Å². The highest BCUT2D eigenvalue weighted by molar-refractivity contribution is 5.67. The van der Waals surface area contributed by atoms with Crippen molar-refractivity contribution in [2.45, 2.75) is 90.6 Å². The number of halogens is 4. The summed E-state index contributed by atoms with van der Waals surface area (Å²) in [6.45, 7) is 4.13. The van der Waals surface area contributed by atoms with Crippen LogP contribution in [0, 0.1) is 41.0 Å². The number of hydrogen-bond acceptors (Lipinski definition) is 2. The first-order chi connectivity index (χ1) is 20.4. The minimum Gasteiger partial charge on any atom is -0.491 e. The Bertz CT molecular complexity index is 1340. The van der Waals surface area contributed by atoms with Crippen molar-refractivity contribution in [3.05, 3.63) is 82.9 Å². The molecular formula is C36H42F4O2. The Labute approximate surface area is 247 Å². The van der Waals surface area contributed by atoms with Gasteiger partial charge in [0.2, 0.25) is 11.6 Å². The molecule has 3 aromatic rings. The first kappa shape index (κ1) is 30.4. The van der Waals surface area contributed by atoms with Gasteiger partial charge in [-0.15, -0.1) is 0 Å². The molecule has 3 aromatic carbocycles. The van der Waals surface area contributed by atoms with Crippen molar-refractivity contribution in [2.24, 2.45) is 17.8 Å². The van der Waals surface area contributed by atoms with Gasteiger partial charge in [0.05, 0.1) is 6.61 Å². The molecular weight excluding hydrogens is 540 g/mol. The van der Waals surface area contributed by atoms with Crippen molar-refractivity contribution in [1.82, 2.24) is 0 Å². The van der Waals surface area contributed by atoms with Crippen LogP contribution in [0.1, 0.15) is 95.1 Å². The second kappa shape index (κ2) is 14.0. The molecule has 2 fully saturated rings. The predicted octanol–water partition coefficient (Wildman–Crippen LogP) is 10.8. The number of unbranched alkanes of at least 4 members (excludes halogenated alkanes) is 2. The van der Waals surface area contributed by atoms with Gasteiger partial charge in [-0.25, -0.2) is 8.78 Å². The minimum absolute atomic E-state index is 0.0663. The van der Waals surface area contributed by atoms with Gasteiger partial charge in [0, 0.05) is 11.1 Å². The van der Waals surface area contributed by atoms with Crippen LogP contribution in [0.4, 0.5) is 17.6 Å². The number of rotatable bonds is 11. The van der Waals surface area contributed by atoms with Gasteiger partial charge >= 0.3 is 0 Å². The van der Waals surface area contributed by atoms with Crippen molar-refractivity contribution < 1.29 is 27.0 Å². The number of fused-ring (bicyclic) bond motifs is 1. The van der Waals surface area contributed by atoms with Crippen LogP contribution in [0.5, 0.6) is 11.5 Å². The van der Waals surface area contributed by atoms with E-state index in [4.69, 9.17) is 9.47 Å². The number of benzene rings is 3. The summed E-state index contributed by atoms with van der Waals surface area (Å²) in [5.41, 5.74) is 1.42. The zero-order valence-electron chi connectivity index (χ0n) is 24.7. The molecule has 0 spiro atoms. The van der Waals surface area contributed by atoms with Crippen molar-refractivity contribution in [3.8, 4) is 22.6 Å². The molecule has 0 saturated heterocycles. The summed E-state index contributed by atoms with van der Waals surface area (Å²) in [5, 5.41) is 0. The van der Waals surface area contributed by atoms with Gasteiger partial charge in [-0.1, -0.05) is 63.3 Å². The molecule has 0 aromatic heterocycles. The smallest absolute Gasteiger partial charge is 0.201 e. The highest BCUT2D eigenvalue weighted by Gasteiger charge is 2.35. The molecule has 6 heteroatoms. The maximum atomic E-state index is 14.9. The Hall–Kier alpha value is -3.02. The van der Waals surface area contributed by atoms with Gasteiger partial charge in [-0.05, 0) is 98.1 Å². The molecule has 4 atom stereocenters. The van der Waals surface area contributed by atoms with E-state index in [9.17, 15) is 17.6 Å². The zero-order valence-corrected chi connectivity index (χ0v) is 24.7. The first-order valence-electron chi connectivity index (χ1n) is 15.7. The topological polar surface area (TPSA) is 18.5 Å². The Balaban J connectivity index is 1.17. The lowest BCUT2D eigenvalue weighted by molar-refractivity contribution is 0.113. The fourth-order valence-electron chi connectivity index (χ4n) is 7.14. The molecule has 0 radical (unpaired) electrons. The molecule has 42 heavy (non-hydrogen) atoms. The summed E-state index contributed by atoms with van der Waals surface area (Å²) >= 11 is 0. The Kier molecular flexibility index (Phi) is 10.1. The molecule has 4 unspecified atom stereocenters. The summed E-state index contributed by atoms with van der Waals surface area (Å²) in [5.74, 6) is -2.40. The maximum Gasteiger partial charge on any atom is 0.201 e. The van der Waals surface area contributed by atoms with Crippen LogP contribution in [0.2, 0.25) is 0 Å². The van der Waals surface area contributed by atoms with E-state index in [2.05, 4.69) is 19.1 Å². The molecule has 0 N–H and O–H groups in total. The third-order valence-corrected chi connectivity index (χ3v) is 9.47. The van der Waals surface area contributed by atoms with Gasteiger partial charge in [-0.3, -0.25) is 0 Å². The molecule has 0 amide bonds. The Morgan fingerprint density at radius 2 is 1.26 bits per heavy atom. The molecule has 2 nitrogen and oxygen atoms in total. The molecule has 0 aliphatic heterocycles. The van der Waals surface area contributed by atoms with Crippen LogP contribution in [0.25, 0.3) is 11.1 Å². The zero-order chi connectivity index (χ0) is 29.6. The van der Waals surface area contributed by atoms with E-state index in [-0.39, 0.29) is 35.8 Å². The average Bonchev–Trinajstić information content (AvgIpc) is 3.01. The molecule has 2 saturated carbocycles. The lowest BCUT2D eigenvalue weighted by atomic mass is 9.63. The van der Waals surface area contributed by atoms with Gasteiger partial charge in [0.15, 0.2) is 23.1 Å². The van der Waals surface area contributed by atoms with Crippen LogP contribution in [-0.2, 0) is 6.61 Å². The maximum absolute atomic E-state index is 14.9. The predicted molar refractivity (Wildman–Crippen MR) is 159 cm³/mol. The lowest BCUT2D eigenvalue weighted by Crippen LogP contribution is -2.30. The molecule has 0 bridgehead atoms. The summed E-state index contributed by atoms with van der Waals surface area (Å²) < 4.78 is 69.3. The summed E-state index contributed by atoms with van der Waals surface area (Å²) in [6.07, 6.45) is 13.4. The SMILES string of the molecule is CCCCCC1CCC2CC(c3ccc(COc4ccc(-c5ccc(OCC)c(F)c5F)c(F)c4F)cc3)CCC2C1. The second-order valence-electron chi connectivity index (χ2n) is 12.1. The molecule has 226 valence electrons. The fraction of sp³-hybridized carbons (Fsp3) is 0.500. The monoisotopic (exact) mass is 582 g/mol. The van der Waals surface area contributed by atoms with E-state index in [1.165, 1.54) is 94.0 Å². The normalized spacial score (nSPS) is 22.0. The molecule has 0 heterocycles. The molecule has 2 aliphatic carbocycles. The van der Waals surface area contributed by atoms with Crippen LogP contribution < -0.4 is 9.47 Å². The van der Waals surface area contributed by atoms with Crippen molar-refractivity contribution in [1.29, 1.82) is 0 Å². The quantitative estimate of drug-likeness (QED) is 0.165. The highest BCUT2D eigenvalue weighted by atomic mass is 19.2. The van der Waals surface area contributed by atoms with E-state index >= 15 is 0 Å². The Morgan fingerprint density at radius 3 is 1.90 bits per heavy atom. The van der Waals surface area contributed by atoms with Crippen molar-refractivity contribution in [3.63, 3.8) is 0 Å². The van der Waals surface area contributed by atoms with Crippen molar-refractivity contribution >= 4 is 0 Å². The average molecular weight is 583 g/mol. The van der Waals surface area contributed by atoms with Crippen LogP contribution >= 0.6 is 0 Å². The first-order valence-corrected chi connectivity index (χ1v) is 15.7. The van der Waals surface area contributed by atoms with Gasteiger partial charge in [-0.2, -0.15) is 8.78 Å².